The first-order valence-electron chi connectivity index (χ1n) is 10.6. The summed E-state index contributed by atoms with van der Waals surface area (Å²) in [6.07, 6.45) is 0.859. The topological polar surface area (TPSA) is 80.0 Å². The van der Waals surface area contributed by atoms with Gasteiger partial charge in [-0.1, -0.05) is 19.1 Å². The SMILES string of the molecule is CCOc1ccc(/C(O)=C2/C(=O)C(=O)N(c3ccc(CC)cc3)C2c2ccc(C)o2)cc1. The van der Waals surface area contributed by atoms with Crippen molar-refractivity contribution in [3.05, 3.63) is 88.9 Å². The molecule has 3 aromatic rings. The number of aliphatic hydroxyl groups is 1. The van der Waals surface area contributed by atoms with Crippen molar-refractivity contribution in [1.29, 1.82) is 0 Å². The number of amides is 1. The van der Waals surface area contributed by atoms with E-state index in [0.29, 0.717) is 35.1 Å². The van der Waals surface area contributed by atoms with Gasteiger partial charge in [0, 0.05) is 11.3 Å². The number of carbonyl (C=O) groups excluding carboxylic acids is 2. The largest absolute Gasteiger partial charge is 0.507 e. The monoisotopic (exact) mass is 431 g/mol. The molecule has 0 bridgehead atoms. The van der Waals surface area contributed by atoms with E-state index in [-0.39, 0.29) is 11.3 Å². The van der Waals surface area contributed by atoms with Crippen LogP contribution >= 0.6 is 0 Å². The Balaban J connectivity index is 1.85. The molecular weight excluding hydrogens is 406 g/mol. The lowest BCUT2D eigenvalue weighted by Crippen LogP contribution is -2.29. The van der Waals surface area contributed by atoms with Crippen LogP contribution in [0.3, 0.4) is 0 Å². The van der Waals surface area contributed by atoms with Gasteiger partial charge in [-0.15, -0.1) is 0 Å². The van der Waals surface area contributed by atoms with E-state index in [9.17, 15) is 14.7 Å². The fourth-order valence-corrected chi connectivity index (χ4v) is 3.89. The van der Waals surface area contributed by atoms with Crippen LogP contribution in [0.25, 0.3) is 5.76 Å². The summed E-state index contributed by atoms with van der Waals surface area (Å²) < 4.78 is 11.3. The highest BCUT2D eigenvalue weighted by atomic mass is 16.5. The van der Waals surface area contributed by atoms with Gasteiger partial charge >= 0.3 is 0 Å². The van der Waals surface area contributed by atoms with Crippen LogP contribution in [0.1, 0.15) is 42.5 Å². The van der Waals surface area contributed by atoms with Crippen LogP contribution in [-0.4, -0.2) is 23.4 Å². The van der Waals surface area contributed by atoms with Crippen molar-refractivity contribution in [2.24, 2.45) is 0 Å². The number of aryl methyl sites for hydroxylation is 2. The van der Waals surface area contributed by atoms with Crippen molar-refractivity contribution >= 4 is 23.1 Å². The second kappa shape index (κ2) is 8.75. The molecular formula is C26H25NO5. The minimum Gasteiger partial charge on any atom is -0.507 e. The number of anilines is 1. The lowest BCUT2D eigenvalue weighted by molar-refractivity contribution is -0.132. The number of hydrogen-bond donors (Lipinski definition) is 1. The van der Waals surface area contributed by atoms with Gasteiger partial charge in [0.15, 0.2) is 0 Å². The van der Waals surface area contributed by atoms with E-state index in [2.05, 4.69) is 0 Å². The number of carbonyl (C=O) groups is 2. The third-order valence-electron chi connectivity index (χ3n) is 5.54. The minimum atomic E-state index is -0.872. The Morgan fingerprint density at radius 3 is 2.25 bits per heavy atom. The molecule has 1 atom stereocenters. The highest BCUT2D eigenvalue weighted by Gasteiger charge is 2.48. The zero-order chi connectivity index (χ0) is 22.8. The van der Waals surface area contributed by atoms with E-state index in [1.54, 1.807) is 43.3 Å². The number of Topliss-reactive ketones (excluding diaryl/α,β-unsaturated/α-hetero) is 1. The Hall–Kier alpha value is -3.80. The highest BCUT2D eigenvalue weighted by molar-refractivity contribution is 6.51. The number of rotatable bonds is 6. The van der Waals surface area contributed by atoms with Crippen LogP contribution in [0.4, 0.5) is 5.69 Å². The molecule has 1 aliphatic heterocycles. The number of ether oxygens (including phenoxy) is 1. The van der Waals surface area contributed by atoms with E-state index in [1.165, 1.54) is 4.90 Å². The molecule has 2 heterocycles. The maximum absolute atomic E-state index is 13.1. The van der Waals surface area contributed by atoms with Crippen LogP contribution in [0.2, 0.25) is 0 Å². The van der Waals surface area contributed by atoms with E-state index in [0.717, 1.165) is 12.0 Å². The van der Waals surface area contributed by atoms with E-state index in [4.69, 9.17) is 9.15 Å². The first-order valence-corrected chi connectivity index (χ1v) is 10.6. The Morgan fingerprint density at radius 2 is 1.69 bits per heavy atom. The predicted octanol–water partition coefficient (Wildman–Crippen LogP) is 5.18. The molecule has 1 amide bonds. The first kappa shape index (κ1) is 21.4. The summed E-state index contributed by atoms with van der Waals surface area (Å²) in [5.74, 6) is -0.00520. The van der Waals surface area contributed by atoms with Gasteiger partial charge in [0.1, 0.15) is 29.1 Å². The highest BCUT2D eigenvalue weighted by Crippen LogP contribution is 2.42. The second-order valence-electron chi connectivity index (χ2n) is 7.59. The summed E-state index contributed by atoms with van der Waals surface area (Å²) in [5.41, 5.74) is 2.09. The summed E-state index contributed by atoms with van der Waals surface area (Å²) in [6, 6.07) is 16.8. The number of hydrogen-bond acceptors (Lipinski definition) is 5. The lowest BCUT2D eigenvalue weighted by Gasteiger charge is -2.23. The van der Waals surface area contributed by atoms with Crippen LogP contribution in [-0.2, 0) is 16.0 Å². The van der Waals surface area contributed by atoms with E-state index < -0.39 is 17.7 Å². The van der Waals surface area contributed by atoms with Gasteiger partial charge in [-0.2, -0.15) is 0 Å². The summed E-state index contributed by atoms with van der Waals surface area (Å²) in [5, 5.41) is 11.1. The molecule has 0 saturated carbocycles. The summed E-state index contributed by atoms with van der Waals surface area (Å²) in [4.78, 5) is 27.6. The molecule has 1 N–H and O–H groups in total. The predicted molar refractivity (Wildman–Crippen MR) is 122 cm³/mol. The number of benzene rings is 2. The Labute approximate surface area is 186 Å². The second-order valence-corrected chi connectivity index (χ2v) is 7.59. The summed E-state index contributed by atoms with van der Waals surface area (Å²) in [6.45, 7) is 6.24. The first-order chi connectivity index (χ1) is 15.4. The Morgan fingerprint density at radius 1 is 1.00 bits per heavy atom. The van der Waals surface area contributed by atoms with Gasteiger partial charge in [0.2, 0.25) is 0 Å². The molecule has 2 aromatic carbocycles. The number of aliphatic hydroxyl groups excluding tert-OH is 1. The molecule has 1 fully saturated rings. The zero-order valence-corrected chi connectivity index (χ0v) is 18.3. The Bertz CT molecular complexity index is 1170. The number of ketones is 1. The summed E-state index contributed by atoms with van der Waals surface area (Å²) in [7, 11) is 0. The van der Waals surface area contributed by atoms with Gasteiger partial charge in [-0.25, -0.2) is 0 Å². The number of furan rings is 1. The van der Waals surface area contributed by atoms with Crippen molar-refractivity contribution < 1.29 is 23.8 Å². The molecule has 32 heavy (non-hydrogen) atoms. The van der Waals surface area contributed by atoms with Gasteiger partial charge < -0.3 is 14.3 Å². The third kappa shape index (κ3) is 3.80. The maximum atomic E-state index is 13.1. The van der Waals surface area contributed by atoms with Crippen molar-refractivity contribution in [2.45, 2.75) is 33.2 Å². The van der Waals surface area contributed by atoms with Crippen LogP contribution in [0, 0.1) is 6.92 Å². The standard InChI is InChI=1S/C26H25NO5/c1-4-17-7-11-19(12-8-17)27-23(21-15-6-16(3)32-21)22(25(29)26(27)30)24(28)18-9-13-20(14-10-18)31-5-2/h6-15,23,28H,4-5H2,1-3H3/b24-22-. The molecule has 6 nitrogen and oxygen atoms in total. The van der Waals surface area contributed by atoms with Crippen molar-refractivity contribution in [1.82, 2.24) is 0 Å². The van der Waals surface area contributed by atoms with Crippen molar-refractivity contribution in [3.8, 4) is 5.75 Å². The molecule has 1 unspecified atom stereocenters. The van der Waals surface area contributed by atoms with Crippen molar-refractivity contribution in [3.63, 3.8) is 0 Å². The number of nitrogens with zero attached hydrogens (tertiary/aromatic N) is 1. The van der Waals surface area contributed by atoms with Crippen LogP contribution in [0.5, 0.6) is 5.75 Å². The van der Waals surface area contributed by atoms with Crippen molar-refractivity contribution in [2.75, 3.05) is 11.5 Å². The minimum absolute atomic E-state index is 0.00641. The quantitative estimate of drug-likeness (QED) is 0.331. The molecule has 0 spiro atoms. The molecule has 6 heteroatoms. The molecule has 0 aliphatic carbocycles. The van der Waals surface area contributed by atoms with Crippen LogP contribution in [0.15, 0.2) is 70.7 Å². The van der Waals surface area contributed by atoms with Gasteiger partial charge in [-0.3, -0.25) is 14.5 Å². The Kier molecular flexibility index (Phi) is 5.86. The summed E-state index contributed by atoms with van der Waals surface area (Å²) >= 11 is 0. The molecule has 1 aromatic heterocycles. The zero-order valence-electron chi connectivity index (χ0n) is 18.3. The van der Waals surface area contributed by atoms with E-state index in [1.807, 2.05) is 38.1 Å². The molecule has 1 saturated heterocycles. The normalized spacial score (nSPS) is 17.7. The average molecular weight is 431 g/mol. The smallest absolute Gasteiger partial charge is 0.300 e. The fourth-order valence-electron chi connectivity index (χ4n) is 3.89. The van der Waals surface area contributed by atoms with Gasteiger partial charge in [0.05, 0.1) is 12.2 Å². The van der Waals surface area contributed by atoms with E-state index >= 15 is 0 Å². The molecule has 4 rings (SSSR count). The molecule has 1 aliphatic rings. The fraction of sp³-hybridized carbons (Fsp3) is 0.231. The third-order valence-corrected chi connectivity index (χ3v) is 5.54. The lowest BCUT2D eigenvalue weighted by atomic mass is 9.99. The average Bonchev–Trinajstić information content (AvgIpc) is 3.35. The van der Waals surface area contributed by atoms with Gasteiger partial charge in [-0.05, 0) is 74.4 Å². The maximum Gasteiger partial charge on any atom is 0.300 e. The van der Waals surface area contributed by atoms with Gasteiger partial charge in [0.25, 0.3) is 11.7 Å². The molecule has 164 valence electrons. The van der Waals surface area contributed by atoms with Crippen LogP contribution < -0.4 is 9.64 Å². The molecule has 0 radical (unpaired) electrons.